The highest BCUT2D eigenvalue weighted by atomic mass is 32.2. The molecule has 7 heteroatoms. The van der Waals surface area contributed by atoms with E-state index in [4.69, 9.17) is 4.74 Å². The molecule has 21 heavy (non-hydrogen) atoms. The number of rotatable bonds is 5. The molecule has 1 heterocycles. The first kappa shape index (κ1) is 18.4. The molecule has 0 aromatic rings. The van der Waals surface area contributed by atoms with Crippen LogP contribution in [0, 0.1) is 5.92 Å². The van der Waals surface area contributed by atoms with Crippen LogP contribution in [0.4, 0.5) is 0 Å². The fraction of sp³-hybridized carbons (Fsp3) is 0.929. The van der Waals surface area contributed by atoms with Crippen molar-refractivity contribution in [2.45, 2.75) is 65.5 Å². The Morgan fingerprint density at radius 2 is 1.67 bits per heavy atom. The molecule has 0 amide bonds. The van der Waals surface area contributed by atoms with Crippen molar-refractivity contribution in [1.29, 1.82) is 0 Å². The molecule has 0 aromatic carbocycles. The second-order valence-electron chi connectivity index (χ2n) is 6.84. The molecule has 0 spiro atoms. The molecule has 0 aliphatic carbocycles. The lowest BCUT2D eigenvalue weighted by molar-refractivity contribution is -0.158. The largest absolute Gasteiger partial charge is 0.459 e. The Balaban J connectivity index is 2.80. The predicted octanol–water partition coefficient (Wildman–Crippen LogP) is 1.67. The molecule has 0 unspecified atom stereocenters. The predicted molar refractivity (Wildman–Crippen MR) is 82.0 cm³/mol. The van der Waals surface area contributed by atoms with E-state index in [2.05, 4.69) is 4.72 Å². The van der Waals surface area contributed by atoms with Crippen molar-refractivity contribution < 1.29 is 17.9 Å². The zero-order valence-electron chi connectivity index (χ0n) is 13.7. The van der Waals surface area contributed by atoms with Gasteiger partial charge in [0.05, 0.1) is 0 Å². The van der Waals surface area contributed by atoms with Gasteiger partial charge in [0.2, 0.25) is 0 Å². The summed E-state index contributed by atoms with van der Waals surface area (Å²) in [6.07, 6.45) is 2.77. The second kappa shape index (κ2) is 7.07. The summed E-state index contributed by atoms with van der Waals surface area (Å²) < 4.78 is 34.0. The van der Waals surface area contributed by atoms with Crippen LogP contribution in [0.2, 0.25) is 0 Å². The Bertz CT molecular complexity index is 448. The number of carbonyl (C=O) groups is 1. The van der Waals surface area contributed by atoms with Crippen LogP contribution in [0.5, 0.6) is 0 Å². The van der Waals surface area contributed by atoms with Crippen LogP contribution >= 0.6 is 0 Å². The molecule has 1 atom stereocenters. The van der Waals surface area contributed by atoms with Crippen LogP contribution in [0.3, 0.4) is 0 Å². The standard InChI is InChI=1S/C14H28N2O4S/c1-11(2)12(13(17)20-14(3,4)5)15-21(18,19)16-9-7-6-8-10-16/h11-12,15H,6-10H2,1-5H3/t12-/m1/s1. The third kappa shape index (κ3) is 5.92. The Kier molecular flexibility index (Phi) is 6.19. The first-order valence-electron chi connectivity index (χ1n) is 7.53. The highest BCUT2D eigenvalue weighted by molar-refractivity contribution is 7.87. The monoisotopic (exact) mass is 320 g/mol. The highest BCUT2D eigenvalue weighted by Gasteiger charge is 2.34. The van der Waals surface area contributed by atoms with Crippen LogP contribution in [0.15, 0.2) is 0 Å². The van der Waals surface area contributed by atoms with Crippen molar-refractivity contribution in [3.63, 3.8) is 0 Å². The summed E-state index contributed by atoms with van der Waals surface area (Å²) in [6, 6.07) is -0.865. The summed E-state index contributed by atoms with van der Waals surface area (Å²) in [7, 11) is -3.65. The number of carbonyl (C=O) groups excluding carboxylic acids is 1. The summed E-state index contributed by atoms with van der Waals surface area (Å²) in [5.41, 5.74) is -0.638. The van der Waals surface area contributed by atoms with Gasteiger partial charge in [0, 0.05) is 13.1 Å². The van der Waals surface area contributed by atoms with Gasteiger partial charge in [0.1, 0.15) is 11.6 Å². The minimum absolute atomic E-state index is 0.181. The van der Waals surface area contributed by atoms with Gasteiger partial charge in [-0.1, -0.05) is 20.3 Å². The Morgan fingerprint density at radius 1 is 1.14 bits per heavy atom. The van der Waals surface area contributed by atoms with Gasteiger partial charge in [-0.05, 0) is 39.5 Å². The molecular formula is C14H28N2O4S. The number of hydrogen-bond donors (Lipinski definition) is 1. The molecule has 124 valence electrons. The Labute approximate surface area is 128 Å². The van der Waals surface area contributed by atoms with Crippen molar-refractivity contribution in [2.75, 3.05) is 13.1 Å². The number of esters is 1. The lowest BCUT2D eigenvalue weighted by Gasteiger charge is -2.30. The molecule has 1 saturated heterocycles. The van der Waals surface area contributed by atoms with E-state index in [1.54, 1.807) is 34.6 Å². The van der Waals surface area contributed by atoms with Gasteiger partial charge in [0.25, 0.3) is 10.2 Å². The van der Waals surface area contributed by atoms with E-state index in [1.165, 1.54) is 4.31 Å². The van der Waals surface area contributed by atoms with E-state index in [1.807, 2.05) is 0 Å². The van der Waals surface area contributed by atoms with Gasteiger partial charge >= 0.3 is 5.97 Å². The topological polar surface area (TPSA) is 75.7 Å². The lowest BCUT2D eigenvalue weighted by Crippen LogP contribution is -2.52. The normalized spacial score (nSPS) is 19.5. The van der Waals surface area contributed by atoms with Gasteiger partial charge in [-0.25, -0.2) is 0 Å². The van der Waals surface area contributed by atoms with E-state index < -0.39 is 27.8 Å². The van der Waals surface area contributed by atoms with Gasteiger partial charge in [-0.2, -0.15) is 17.4 Å². The molecule has 1 N–H and O–H groups in total. The number of nitrogens with one attached hydrogen (secondary N) is 1. The molecule has 1 aliphatic rings. The van der Waals surface area contributed by atoms with Crippen molar-refractivity contribution in [1.82, 2.24) is 9.03 Å². The summed E-state index contributed by atoms with van der Waals surface area (Å²) in [6.45, 7) is 9.91. The maximum absolute atomic E-state index is 12.4. The summed E-state index contributed by atoms with van der Waals surface area (Å²) in [5, 5.41) is 0. The SMILES string of the molecule is CC(C)[C@@H](NS(=O)(=O)N1CCCCC1)C(=O)OC(C)(C)C. The molecule has 0 radical (unpaired) electrons. The fourth-order valence-electron chi connectivity index (χ4n) is 2.16. The first-order chi connectivity index (χ1) is 9.53. The number of hydrogen-bond acceptors (Lipinski definition) is 4. The Morgan fingerprint density at radius 3 is 2.10 bits per heavy atom. The third-order valence-electron chi connectivity index (χ3n) is 3.26. The van der Waals surface area contributed by atoms with Crippen LogP contribution in [0.1, 0.15) is 53.9 Å². The summed E-state index contributed by atoms with van der Waals surface area (Å²) >= 11 is 0. The molecule has 0 bridgehead atoms. The van der Waals surface area contributed by atoms with Crippen LogP contribution in [-0.4, -0.2) is 43.4 Å². The van der Waals surface area contributed by atoms with Crippen molar-refractivity contribution in [3.8, 4) is 0 Å². The molecular weight excluding hydrogens is 292 g/mol. The van der Waals surface area contributed by atoms with E-state index in [0.717, 1.165) is 19.3 Å². The highest BCUT2D eigenvalue weighted by Crippen LogP contribution is 2.16. The number of piperidine rings is 1. The lowest BCUT2D eigenvalue weighted by atomic mass is 10.1. The fourth-order valence-corrected chi connectivity index (χ4v) is 3.74. The molecule has 1 aliphatic heterocycles. The maximum atomic E-state index is 12.4. The van der Waals surface area contributed by atoms with Crippen molar-refractivity contribution >= 4 is 16.2 Å². The quantitative estimate of drug-likeness (QED) is 0.782. The maximum Gasteiger partial charge on any atom is 0.325 e. The van der Waals surface area contributed by atoms with E-state index in [0.29, 0.717) is 13.1 Å². The zero-order valence-corrected chi connectivity index (χ0v) is 14.5. The molecule has 1 rings (SSSR count). The van der Waals surface area contributed by atoms with Gasteiger partial charge < -0.3 is 4.74 Å². The van der Waals surface area contributed by atoms with E-state index in [-0.39, 0.29) is 5.92 Å². The Hall–Kier alpha value is -0.660. The average Bonchev–Trinajstić information content (AvgIpc) is 2.34. The van der Waals surface area contributed by atoms with Gasteiger partial charge in [0.15, 0.2) is 0 Å². The number of ether oxygens (including phenoxy) is 1. The minimum Gasteiger partial charge on any atom is -0.459 e. The average molecular weight is 320 g/mol. The van der Waals surface area contributed by atoms with Crippen LogP contribution in [-0.2, 0) is 19.7 Å². The zero-order chi connectivity index (χ0) is 16.3. The minimum atomic E-state index is -3.65. The summed E-state index contributed by atoms with van der Waals surface area (Å²) in [4.78, 5) is 12.2. The van der Waals surface area contributed by atoms with Crippen molar-refractivity contribution in [2.24, 2.45) is 5.92 Å². The molecule has 0 aromatic heterocycles. The van der Waals surface area contributed by atoms with Gasteiger partial charge in [-0.15, -0.1) is 0 Å². The molecule has 1 fully saturated rings. The van der Waals surface area contributed by atoms with Crippen LogP contribution in [0.25, 0.3) is 0 Å². The molecule has 0 saturated carbocycles. The van der Waals surface area contributed by atoms with Crippen molar-refractivity contribution in [3.05, 3.63) is 0 Å². The van der Waals surface area contributed by atoms with Crippen LogP contribution < -0.4 is 4.72 Å². The van der Waals surface area contributed by atoms with Gasteiger partial charge in [-0.3, -0.25) is 4.79 Å². The number of nitrogens with zero attached hydrogens (tertiary/aromatic N) is 1. The smallest absolute Gasteiger partial charge is 0.325 e. The van der Waals surface area contributed by atoms with E-state index >= 15 is 0 Å². The first-order valence-corrected chi connectivity index (χ1v) is 8.97. The molecule has 6 nitrogen and oxygen atoms in total. The third-order valence-corrected chi connectivity index (χ3v) is 4.86. The second-order valence-corrected chi connectivity index (χ2v) is 8.54. The summed E-state index contributed by atoms with van der Waals surface area (Å²) in [5.74, 6) is -0.711. The van der Waals surface area contributed by atoms with E-state index in [9.17, 15) is 13.2 Å².